The molecule has 126 valence electrons. The van der Waals surface area contributed by atoms with Crippen molar-refractivity contribution in [1.82, 2.24) is 13.9 Å². The maximum absolute atomic E-state index is 13.2. The maximum atomic E-state index is 13.2. The summed E-state index contributed by atoms with van der Waals surface area (Å²) in [6.45, 7) is 2.29. The normalized spacial score (nSPS) is 21.5. The fourth-order valence-electron chi connectivity index (χ4n) is 3.89. The average molecular weight is 342 g/mol. The number of fused-ring (bicyclic) bond motifs is 3. The van der Waals surface area contributed by atoms with Crippen LogP contribution >= 0.6 is 11.5 Å². The Morgan fingerprint density at radius 3 is 2.71 bits per heavy atom. The lowest BCUT2D eigenvalue weighted by molar-refractivity contribution is 0.284. The minimum Gasteiger partial charge on any atom is -0.375 e. The molecule has 0 saturated heterocycles. The highest BCUT2D eigenvalue weighted by Crippen LogP contribution is 2.43. The van der Waals surface area contributed by atoms with E-state index in [-0.39, 0.29) is 11.6 Å². The molecule has 1 aromatic rings. The fourth-order valence-corrected chi connectivity index (χ4v) is 4.66. The van der Waals surface area contributed by atoms with E-state index in [0.717, 1.165) is 45.8 Å². The predicted octanol–water partition coefficient (Wildman–Crippen LogP) is 3.78. The molecule has 5 nitrogen and oxygen atoms in total. The smallest absolute Gasteiger partial charge is 0.263 e. The third-order valence-corrected chi connectivity index (χ3v) is 6.05. The van der Waals surface area contributed by atoms with Gasteiger partial charge < -0.3 is 4.90 Å². The van der Waals surface area contributed by atoms with Gasteiger partial charge >= 0.3 is 0 Å². The Morgan fingerprint density at radius 1 is 1.25 bits per heavy atom. The second-order valence-electron chi connectivity index (χ2n) is 7.09. The van der Waals surface area contributed by atoms with Gasteiger partial charge in [0.2, 0.25) is 0 Å². The van der Waals surface area contributed by atoms with Gasteiger partial charge in [-0.05, 0) is 49.2 Å². The number of nitrogens with zero attached hydrogens (tertiary/aromatic N) is 4. The van der Waals surface area contributed by atoms with Crippen molar-refractivity contribution < 1.29 is 0 Å². The molecule has 0 aromatic carbocycles. The lowest BCUT2D eigenvalue weighted by Gasteiger charge is -2.27. The lowest BCUT2D eigenvalue weighted by Crippen LogP contribution is -2.27. The van der Waals surface area contributed by atoms with E-state index in [2.05, 4.69) is 11.3 Å². The van der Waals surface area contributed by atoms with E-state index in [1.54, 1.807) is 12.5 Å². The first-order valence-corrected chi connectivity index (χ1v) is 9.29. The van der Waals surface area contributed by atoms with Crippen LogP contribution < -0.4 is 10.5 Å². The topological polar surface area (TPSA) is 51.0 Å². The summed E-state index contributed by atoms with van der Waals surface area (Å²) in [6, 6.07) is 2.26. The van der Waals surface area contributed by atoms with Crippen LogP contribution in [-0.2, 0) is 0 Å². The van der Waals surface area contributed by atoms with Crippen LogP contribution in [0.4, 0.5) is 5.69 Å². The van der Waals surface area contributed by atoms with Gasteiger partial charge in [0.25, 0.3) is 5.56 Å². The van der Waals surface area contributed by atoms with E-state index in [9.17, 15) is 4.79 Å². The SMILES string of the molecule is CC1CCC(n2cnc3c(N(C)C)c4ccnsc-4c3c2=O)CC1. The average Bonchev–Trinajstić information content (AvgIpc) is 2.91. The zero-order chi connectivity index (χ0) is 16.8. The highest BCUT2D eigenvalue weighted by atomic mass is 32.1. The van der Waals surface area contributed by atoms with Crippen molar-refractivity contribution in [2.75, 3.05) is 19.0 Å². The number of hydrogen-bond donors (Lipinski definition) is 0. The summed E-state index contributed by atoms with van der Waals surface area (Å²) in [6.07, 6.45) is 8.05. The van der Waals surface area contributed by atoms with Gasteiger partial charge in [0.15, 0.2) is 0 Å². The van der Waals surface area contributed by atoms with Crippen molar-refractivity contribution >= 4 is 28.1 Å². The van der Waals surface area contributed by atoms with Gasteiger partial charge in [0, 0.05) is 31.9 Å². The molecule has 0 atom stereocenters. The Kier molecular flexibility index (Phi) is 3.79. The van der Waals surface area contributed by atoms with Crippen molar-refractivity contribution in [3.05, 3.63) is 28.9 Å². The molecule has 2 heterocycles. The van der Waals surface area contributed by atoms with E-state index in [0.29, 0.717) is 0 Å². The standard InChI is InChI=1S/C18H22N4OS/c1-11-4-6-12(7-5-11)22-10-19-15-14(18(22)23)17-13(8-9-20-24-17)16(15)21(2)3/h8-12H,4-7H2,1-3H3. The summed E-state index contributed by atoms with van der Waals surface area (Å²) in [4.78, 5) is 20.9. The second kappa shape index (κ2) is 5.84. The largest absolute Gasteiger partial charge is 0.375 e. The molecule has 1 aromatic heterocycles. The summed E-state index contributed by atoms with van der Waals surface area (Å²) < 4.78 is 6.14. The summed E-state index contributed by atoms with van der Waals surface area (Å²) in [5.74, 6) is 0.764. The number of rotatable bonds is 2. The third-order valence-electron chi connectivity index (χ3n) is 5.22. The monoisotopic (exact) mass is 342 g/mol. The molecule has 0 spiro atoms. The van der Waals surface area contributed by atoms with Crippen molar-refractivity contribution in [2.24, 2.45) is 5.92 Å². The van der Waals surface area contributed by atoms with Crippen LogP contribution in [0, 0.1) is 5.92 Å². The van der Waals surface area contributed by atoms with Crippen LogP contribution in [0.5, 0.6) is 0 Å². The fraction of sp³-hybridized carbons (Fsp3) is 0.500. The van der Waals surface area contributed by atoms with Crippen LogP contribution in [0.25, 0.3) is 21.3 Å². The Bertz CT molecular complexity index is 905. The van der Waals surface area contributed by atoms with Gasteiger partial charge in [-0.2, -0.15) is 0 Å². The lowest BCUT2D eigenvalue weighted by atomic mass is 9.87. The molecule has 0 amide bonds. The van der Waals surface area contributed by atoms with Crippen LogP contribution in [0.3, 0.4) is 0 Å². The Morgan fingerprint density at radius 2 is 2.00 bits per heavy atom. The molecule has 0 unspecified atom stereocenters. The van der Waals surface area contributed by atoms with E-state index in [1.165, 1.54) is 24.4 Å². The second-order valence-corrected chi connectivity index (χ2v) is 7.89. The van der Waals surface area contributed by atoms with Crippen LogP contribution in [-0.4, -0.2) is 28.0 Å². The Labute approximate surface area is 145 Å². The van der Waals surface area contributed by atoms with Crippen LogP contribution in [0.15, 0.2) is 23.4 Å². The molecular weight excluding hydrogens is 320 g/mol. The highest BCUT2D eigenvalue weighted by molar-refractivity contribution is 7.10. The van der Waals surface area contributed by atoms with Crippen molar-refractivity contribution in [2.45, 2.75) is 38.6 Å². The number of anilines is 1. The molecule has 0 N–H and O–H groups in total. The molecule has 0 bridgehead atoms. The Hall–Kier alpha value is -1.95. The van der Waals surface area contributed by atoms with Crippen LogP contribution in [0.1, 0.15) is 38.6 Å². The Balaban J connectivity index is 1.94. The quantitative estimate of drug-likeness (QED) is 0.711. The first kappa shape index (κ1) is 15.6. The van der Waals surface area contributed by atoms with E-state index in [1.807, 2.05) is 29.6 Å². The van der Waals surface area contributed by atoms with Gasteiger partial charge in [0.05, 0.1) is 22.3 Å². The van der Waals surface area contributed by atoms with Crippen molar-refractivity contribution in [3.63, 3.8) is 0 Å². The molecule has 24 heavy (non-hydrogen) atoms. The van der Waals surface area contributed by atoms with Crippen molar-refractivity contribution in [1.29, 1.82) is 0 Å². The maximum Gasteiger partial charge on any atom is 0.263 e. The minimum atomic E-state index is 0.0851. The summed E-state index contributed by atoms with van der Waals surface area (Å²) in [7, 11) is 3.99. The summed E-state index contributed by atoms with van der Waals surface area (Å²) in [5, 5.41) is 0.730. The zero-order valence-electron chi connectivity index (χ0n) is 14.3. The third kappa shape index (κ3) is 2.32. The predicted molar refractivity (Wildman–Crippen MR) is 99.3 cm³/mol. The number of hydrogen-bond acceptors (Lipinski definition) is 5. The molecule has 1 fully saturated rings. The first-order valence-electron chi connectivity index (χ1n) is 8.52. The highest BCUT2D eigenvalue weighted by Gasteiger charge is 2.27. The van der Waals surface area contributed by atoms with Gasteiger partial charge in [-0.15, -0.1) is 0 Å². The van der Waals surface area contributed by atoms with Crippen LogP contribution in [0.2, 0.25) is 0 Å². The van der Waals surface area contributed by atoms with Gasteiger partial charge in [0.1, 0.15) is 5.52 Å². The van der Waals surface area contributed by atoms with Gasteiger partial charge in [-0.1, -0.05) is 6.92 Å². The molecular formula is C18H22N4OS. The van der Waals surface area contributed by atoms with E-state index < -0.39 is 0 Å². The minimum absolute atomic E-state index is 0.0851. The molecule has 1 aliphatic heterocycles. The van der Waals surface area contributed by atoms with Crippen molar-refractivity contribution in [3.8, 4) is 10.4 Å². The molecule has 0 radical (unpaired) electrons. The first-order chi connectivity index (χ1) is 11.6. The molecule has 1 saturated carbocycles. The summed E-state index contributed by atoms with van der Waals surface area (Å²) >= 11 is 1.38. The van der Waals surface area contributed by atoms with E-state index in [4.69, 9.17) is 4.98 Å². The molecule has 6 heteroatoms. The number of aromatic nitrogens is 3. The molecule has 3 aliphatic rings. The summed E-state index contributed by atoms with van der Waals surface area (Å²) in [5.41, 5.74) is 2.96. The molecule has 2 aliphatic carbocycles. The van der Waals surface area contributed by atoms with E-state index >= 15 is 0 Å². The molecule has 4 rings (SSSR count). The van der Waals surface area contributed by atoms with Gasteiger partial charge in [-0.3, -0.25) is 9.36 Å². The van der Waals surface area contributed by atoms with Gasteiger partial charge in [-0.25, -0.2) is 9.36 Å². The zero-order valence-corrected chi connectivity index (χ0v) is 15.1.